The van der Waals surface area contributed by atoms with Gasteiger partial charge in [0.15, 0.2) is 5.65 Å². The maximum absolute atomic E-state index is 13.5. The van der Waals surface area contributed by atoms with Gasteiger partial charge in [-0.15, -0.1) is 0 Å². The Hall–Kier alpha value is -2.96. The average Bonchev–Trinajstić information content (AvgIpc) is 3.28. The van der Waals surface area contributed by atoms with E-state index in [-0.39, 0.29) is 18.0 Å². The lowest BCUT2D eigenvalue weighted by Gasteiger charge is -2.42. The topological polar surface area (TPSA) is 73.0 Å². The number of hydrogen-bond acceptors (Lipinski definition) is 4. The van der Waals surface area contributed by atoms with Crippen molar-refractivity contribution in [3.05, 3.63) is 53.2 Å². The van der Waals surface area contributed by atoms with Gasteiger partial charge in [0.25, 0.3) is 5.56 Å². The number of carbonyl (C=O) groups excluding carboxylic acids is 1. The number of benzene rings is 1. The minimum atomic E-state index is -0.210. The molecule has 2 aromatic heterocycles. The van der Waals surface area contributed by atoms with Crippen molar-refractivity contribution in [2.24, 2.45) is 0 Å². The molecule has 1 amide bonds. The van der Waals surface area contributed by atoms with Gasteiger partial charge in [0, 0.05) is 12.1 Å². The van der Waals surface area contributed by atoms with Crippen LogP contribution in [0.25, 0.3) is 16.7 Å². The number of carbonyl (C=O) groups is 1. The summed E-state index contributed by atoms with van der Waals surface area (Å²) < 4.78 is 3.12. The Bertz CT molecular complexity index is 1110. The maximum atomic E-state index is 13.5. The van der Waals surface area contributed by atoms with Crippen LogP contribution in [0.2, 0.25) is 0 Å². The van der Waals surface area contributed by atoms with Crippen LogP contribution in [0, 0.1) is 0 Å². The Morgan fingerprint density at radius 2 is 1.56 bits per heavy atom. The maximum Gasteiger partial charge on any atom is 0.264 e. The van der Waals surface area contributed by atoms with E-state index < -0.39 is 0 Å². The summed E-state index contributed by atoms with van der Waals surface area (Å²) in [7, 11) is 0. The van der Waals surface area contributed by atoms with Crippen LogP contribution >= 0.6 is 0 Å². The van der Waals surface area contributed by atoms with Crippen LogP contribution in [-0.4, -0.2) is 42.2 Å². The molecular formula is C25H31N5O2. The lowest BCUT2D eigenvalue weighted by molar-refractivity contribution is -0.138. The summed E-state index contributed by atoms with van der Waals surface area (Å²) in [6.07, 6.45) is 14.7. The molecule has 7 heteroatoms. The minimum absolute atomic E-state index is 0.0469. The van der Waals surface area contributed by atoms with Gasteiger partial charge < -0.3 is 4.90 Å². The molecule has 2 aliphatic carbocycles. The van der Waals surface area contributed by atoms with Crippen LogP contribution in [0.5, 0.6) is 0 Å². The first kappa shape index (κ1) is 20.9. The summed E-state index contributed by atoms with van der Waals surface area (Å²) in [5.41, 5.74) is 1.16. The SMILES string of the molecule is O=C(Cn1cnc2c(cnn2-c2ccccc2)c1=O)N(C1CCCCC1)C1CCCCC1. The summed E-state index contributed by atoms with van der Waals surface area (Å²) in [5.74, 6) is 0.0579. The quantitative estimate of drug-likeness (QED) is 0.608. The van der Waals surface area contributed by atoms with Crippen LogP contribution in [0.3, 0.4) is 0 Å². The van der Waals surface area contributed by atoms with Gasteiger partial charge in [0.05, 0.1) is 11.9 Å². The fourth-order valence-electron chi connectivity index (χ4n) is 5.47. The van der Waals surface area contributed by atoms with Gasteiger partial charge in [0.2, 0.25) is 5.91 Å². The molecule has 3 aromatic rings. The first-order valence-electron chi connectivity index (χ1n) is 12.0. The van der Waals surface area contributed by atoms with Gasteiger partial charge in [-0.25, -0.2) is 9.67 Å². The molecule has 2 heterocycles. The fourth-order valence-corrected chi connectivity index (χ4v) is 5.47. The number of hydrogen-bond donors (Lipinski definition) is 0. The molecule has 0 saturated heterocycles. The Labute approximate surface area is 188 Å². The smallest absolute Gasteiger partial charge is 0.264 e. The normalized spacial score (nSPS) is 18.1. The van der Waals surface area contributed by atoms with E-state index in [4.69, 9.17) is 0 Å². The van der Waals surface area contributed by atoms with Crippen molar-refractivity contribution in [3.8, 4) is 5.69 Å². The summed E-state index contributed by atoms with van der Waals surface area (Å²) in [6.45, 7) is 0.0469. The average molecular weight is 434 g/mol. The number of fused-ring (bicyclic) bond motifs is 1. The zero-order valence-electron chi connectivity index (χ0n) is 18.5. The van der Waals surface area contributed by atoms with E-state index in [9.17, 15) is 9.59 Å². The molecule has 0 radical (unpaired) electrons. The van der Waals surface area contributed by atoms with E-state index in [1.54, 1.807) is 10.9 Å². The van der Waals surface area contributed by atoms with Gasteiger partial charge >= 0.3 is 0 Å². The van der Waals surface area contributed by atoms with Crippen LogP contribution < -0.4 is 5.56 Å². The largest absolute Gasteiger partial charge is 0.335 e. The summed E-state index contributed by atoms with van der Waals surface area (Å²) >= 11 is 0. The van der Waals surface area contributed by atoms with Gasteiger partial charge in [-0.3, -0.25) is 14.2 Å². The highest BCUT2D eigenvalue weighted by atomic mass is 16.2. The molecule has 0 spiro atoms. The molecule has 0 unspecified atom stereocenters. The van der Waals surface area contributed by atoms with E-state index in [0.29, 0.717) is 23.1 Å². The molecule has 0 bridgehead atoms. The number of para-hydroxylation sites is 1. The van der Waals surface area contributed by atoms with Crippen LogP contribution in [0.4, 0.5) is 0 Å². The Morgan fingerprint density at radius 3 is 2.19 bits per heavy atom. The van der Waals surface area contributed by atoms with Crippen molar-refractivity contribution in [1.29, 1.82) is 0 Å². The summed E-state index contributed by atoms with van der Waals surface area (Å²) in [4.78, 5) is 33.4. The number of nitrogens with zero attached hydrogens (tertiary/aromatic N) is 5. The molecule has 1 aromatic carbocycles. The van der Waals surface area contributed by atoms with Crippen molar-refractivity contribution in [2.45, 2.75) is 82.8 Å². The third-order valence-corrected chi connectivity index (χ3v) is 7.09. The molecule has 32 heavy (non-hydrogen) atoms. The molecular weight excluding hydrogens is 402 g/mol. The van der Waals surface area contributed by atoms with Crippen LogP contribution in [0.15, 0.2) is 47.7 Å². The van der Waals surface area contributed by atoms with Crippen molar-refractivity contribution in [3.63, 3.8) is 0 Å². The highest BCUT2D eigenvalue weighted by molar-refractivity contribution is 5.78. The Balaban J connectivity index is 1.42. The molecule has 2 aliphatic rings. The second-order valence-electron chi connectivity index (χ2n) is 9.19. The van der Waals surface area contributed by atoms with Gasteiger partial charge in [-0.05, 0) is 37.8 Å². The van der Waals surface area contributed by atoms with E-state index >= 15 is 0 Å². The molecule has 0 atom stereocenters. The molecule has 2 saturated carbocycles. The number of aromatic nitrogens is 4. The van der Waals surface area contributed by atoms with Crippen molar-refractivity contribution < 1.29 is 4.79 Å². The van der Waals surface area contributed by atoms with E-state index in [0.717, 1.165) is 31.4 Å². The highest BCUT2D eigenvalue weighted by Gasteiger charge is 2.32. The predicted molar refractivity (Wildman–Crippen MR) is 124 cm³/mol. The van der Waals surface area contributed by atoms with Gasteiger partial charge in [-0.2, -0.15) is 5.10 Å². The summed E-state index contributed by atoms with van der Waals surface area (Å²) in [6, 6.07) is 10.3. The zero-order chi connectivity index (χ0) is 21.9. The Kier molecular flexibility index (Phi) is 6.06. The zero-order valence-corrected chi connectivity index (χ0v) is 18.5. The molecule has 2 fully saturated rings. The van der Waals surface area contributed by atoms with E-state index in [2.05, 4.69) is 15.0 Å². The van der Waals surface area contributed by atoms with Gasteiger partial charge in [-0.1, -0.05) is 56.7 Å². The lowest BCUT2D eigenvalue weighted by atomic mass is 9.88. The second kappa shape index (κ2) is 9.27. The first-order chi connectivity index (χ1) is 15.7. The lowest BCUT2D eigenvalue weighted by Crippen LogP contribution is -2.50. The predicted octanol–water partition coefficient (Wildman–Crippen LogP) is 4.08. The molecule has 0 aliphatic heterocycles. The number of amides is 1. The third kappa shape index (κ3) is 4.08. The monoisotopic (exact) mass is 433 g/mol. The van der Waals surface area contributed by atoms with Crippen LogP contribution in [0.1, 0.15) is 64.2 Å². The van der Waals surface area contributed by atoms with Crippen molar-refractivity contribution in [2.75, 3.05) is 0 Å². The Morgan fingerprint density at radius 1 is 0.938 bits per heavy atom. The molecule has 0 N–H and O–H groups in total. The molecule has 7 nitrogen and oxygen atoms in total. The summed E-state index contributed by atoms with van der Waals surface area (Å²) in [5, 5.41) is 4.81. The molecule has 5 rings (SSSR count). The minimum Gasteiger partial charge on any atom is -0.335 e. The van der Waals surface area contributed by atoms with Gasteiger partial charge in [0.1, 0.15) is 18.3 Å². The standard InChI is InChI=1S/C25H31N5O2/c31-23(29(19-10-4-1-5-11-19)20-12-6-2-7-13-20)17-28-18-26-24-22(25(28)32)16-27-30(24)21-14-8-3-9-15-21/h3,8-9,14-16,18-20H,1-2,4-7,10-13,17H2. The second-order valence-corrected chi connectivity index (χ2v) is 9.19. The highest BCUT2D eigenvalue weighted by Crippen LogP contribution is 2.30. The van der Waals surface area contributed by atoms with Crippen molar-refractivity contribution in [1.82, 2.24) is 24.2 Å². The van der Waals surface area contributed by atoms with Crippen LogP contribution in [-0.2, 0) is 11.3 Å². The van der Waals surface area contributed by atoms with Crippen molar-refractivity contribution >= 4 is 16.9 Å². The molecule has 168 valence electrons. The fraction of sp³-hybridized carbons (Fsp3) is 0.520. The van der Waals surface area contributed by atoms with E-state index in [1.807, 2.05) is 30.3 Å². The van der Waals surface area contributed by atoms with E-state index in [1.165, 1.54) is 49.4 Å². The third-order valence-electron chi connectivity index (χ3n) is 7.09. The number of rotatable bonds is 5. The first-order valence-corrected chi connectivity index (χ1v) is 12.0.